The van der Waals surface area contributed by atoms with Crippen molar-refractivity contribution in [1.29, 1.82) is 0 Å². The Bertz CT molecular complexity index is 965. The largest absolute Gasteiger partial charge is 0.490 e. The van der Waals surface area contributed by atoms with Gasteiger partial charge in [-0.15, -0.1) is 0 Å². The molecule has 144 valence electrons. The highest BCUT2D eigenvalue weighted by atomic mass is 19.1. The lowest BCUT2D eigenvalue weighted by atomic mass is 10.1. The van der Waals surface area contributed by atoms with Crippen molar-refractivity contribution in [3.05, 3.63) is 88.7 Å². The minimum absolute atomic E-state index is 0.258. The number of aryl methyl sites for hydroxylation is 1. The Labute approximate surface area is 165 Å². The Kier molecular flexibility index (Phi) is 6.43. The van der Waals surface area contributed by atoms with Gasteiger partial charge < -0.3 is 9.47 Å². The number of benzene rings is 3. The predicted molar refractivity (Wildman–Crippen MR) is 112 cm³/mol. The van der Waals surface area contributed by atoms with Crippen molar-refractivity contribution in [2.24, 2.45) is 4.99 Å². The van der Waals surface area contributed by atoms with Gasteiger partial charge in [-0.25, -0.2) is 4.39 Å². The zero-order chi connectivity index (χ0) is 19.9. The van der Waals surface area contributed by atoms with Gasteiger partial charge in [0.15, 0.2) is 11.5 Å². The lowest BCUT2D eigenvalue weighted by molar-refractivity contribution is 0.269. The summed E-state index contributed by atoms with van der Waals surface area (Å²) in [5.74, 6) is 1.05. The first kappa shape index (κ1) is 19.6. The number of hydrogen-bond donors (Lipinski definition) is 0. The molecule has 0 heterocycles. The molecule has 4 heteroatoms. The summed E-state index contributed by atoms with van der Waals surface area (Å²) in [5.41, 5.74) is 5.16. The van der Waals surface area contributed by atoms with E-state index in [0.29, 0.717) is 24.7 Å². The standard InChI is InChI=1S/C24H24FNO2/c1-4-27-24-14-20(15-26-22-7-5-6-17(2)18(22)3)10-13-23(24)28-16-19-8-11-21(25)12-9-19/h5-15H,4,16H2,1-3H3. The quantitative estimate of drug-likeness (QED) is 0.461. The van der Waals surface area contributed by atoms with Crippen LogP contribution in [0.25, 0.3) is 0 Å². The Morgan fingerprint density at radius 3 is 2.46 bits per heavy atom. The summed E-state index contributed by atoms with van der Waals surface area (Å²) in [7, 11) is 0. The number of aliphatic imine (C=N–C) groups is 1. The third-order valence-corrected chi connectivity index (χ3v) is 4.50. The van der Waals surface area contributed by atoms with Crippen LogP contribution in [0.1, 0.15) is 29.2 Å². The van der Waals surface area contributed by atoms with Crippen LogP contribution in [0.5, 0.6) is 11.5 Å². The third-order valence-electron chi connectivity index (χ3n) is 4.50. The summed E-state index contributed by atoms with van der Waals surface area (Å²) in [6, 6.07) is 18.1. The molecule has 28 heavy (non-hydrogen) atoms. The smallest absolute Gasteiger partial charge is 0.161 e. The van der Waals surface area contributed by atoms with E-state index in [1.165, 1.54) is 23.3 Å². The monoisotopic (exact) mass is 377 g/mol. The average molecular weight is 377 g/mol. The Hall–Kier alpha value is -3.14. The molecular weight excluding hydrogens is 353 g/mol. The molecule has 0 aromatic heterocycles. The van der Waals surface area contributed by atoms with Gasteiger partial charge in [0, 0.05) is 6.21 Å². The van der Waals surface area contributed by atoms with E-state index in [2.05, 4.69) is 24.9 Å². The van der Waals surface area contributed by atoms with Crippen molar-refractivity contribution < 1.29 is 13.9 Å². The predicted octanol–water partition coefficient (Wildman–Crippen LogP) is 6.17. The first-order chi connectivity index (χ1) is 13.6. The second kappa shape index (κ2) is 9.18. The van der Waals surface area contributed by atoms with E-state index >= 15 is 0 Å². The van der Waals surface area contributed by atoms with Crippen molar-refractivity contribution in [2.75, 3.05) is 6.61 Å². The highest BCUT2D eigenvalue weighted by Crippen LogP contribution is 2.29. The Morgan fingerprint density at radius 2 is 1.71 bits per heavy atom. The molecule has 3 rings (SSSR count). The van der Waals surface area contributed by atoms with Crippen molar-refractivity contribution in [1.82, 2.24) is 0 Å². The molecule has 0 radical (unpaired) electrons. The number of nitrogens with zero attached hydrogens (tertiary/aromatic N) is 1. The summed E-state index contributed by atoms with van der Waals surface area (Å²) in [6.45, 7) is 6.95. The van der Waals surface area contributed by atoms with Crippen LogP contribution in [0.2, 0.25) is 0 Å². The molecule has 3 aromatic carbocycles. The highest BCUT2D eigenvalue weighted by molar-refractivity contribution is 5.83. The van der Waals surface area contributed by atoms with Crippen LogP contribution < -0.4 is 9.47 Å². The Morgan fingerprint density at radius 1 is 0.929 bits per heavy atom. The normalized spacial score (nSPS) is 11.0. The summed E-state index contributed by atoms with van der Waals surface area (Å²) < 4.78 is 24.6. The van der Waals surface area contributed by atoms with Crippen LogP contribution in [0.4, 0.5) is 10.1 Å². The SMILES string of the molecule is CCOc1cc(C=Nc2cccc(C)c2C)ccc1OCc1ccc(F)cc1. The van der Waals surface area contributed by atoms with E-state index in [4.69, 9.17) is 9.47 Å². The average Bonchev–Trinajstić information content (AvgIpc) is 2.70. The van der Waals surface area contributed by atoms with Gasteiger partial charge in [-0.2, -0.15) is 0 Å². The van der Waals surface area contributed by atoms with Gasteiger partial charge in [0.2, 0.25) is 0 Å². The van der Waals surface area contributed by atoms with Gasteiger partial charge in [-0.1, -0.05) is 24.3 Å². The molecule has 0 N–H and O–H groups in total. The second-order valence-corrected chi connectivity index (χ2v) is 6.53. The molecule has 0 spiro atoms. The van der Waals surface area contributed by atoms with Crippen molar-refractivity contribution in [3.63, 3.8) is 0 Å². The maximum atomic E-state index is 13.0. The molecule has 0 saturated carbocycles. The molecular formula is C24H24FNO2. The van der Waals surface area contributed by atoms with E-state index in [1.807, 2.05) is 43.5 Å². The second-order valence-electron chi connectivity index (χ2n) is 6.53. The molecule has 0 aliphatic rings. The third kappa shape index (κ3) is 4.97. The minimum atomic E-state index is -0.258. The summed E-state index contributed by atoms with van der Waals surface area (Å²) in [5, 5.41) is 0. The van der Waals surface area contributed by atoms with Crippen molar-refractivity contribution in [3.8, 4) is 11.5 Å². The van der Waals surface area contributed by atoms with Crippen LogP contribution in [0, 0.1) is 19.7 Å². The topological polar surface area (TPSA) is 30.8 Å². The summed E-state index contributed by atoms with van der Waals surface area (Å²) in [6.07, 6.45) is 1.83. The van der Waals surface area contributed by atoms with E-state index < -0.39 is 0 Å². The molecule has 3 aromatic rings. The van der Waals surface area contributed by atoms with E-state index in [-0.39, 0.29) is 5.82 Å². The van der Waals surface area contributed by atoms with Gasteiger partial charge in [0.05, 0.1) is 12.3 Å². The van der Waals surface area contributed by atoms with Gasteiger partial charge >= 0.3 is 0 Å². The maximum Gasteiger partial charge on any atom is 0.161 e. The zero-order valence-electron chi connectivity index (χ0n) is 16.4. The fraction of sp³-hybridized carbons (Fsp3) is 0.208. The summed E-state index contributed by atoms with van der Waals surface area (Å²) >= 11 is 0. The number of halogens is 1. The van der Waals surface area contributed by atoms with Crippen LogP contribution in [0.15, 0.2) is 65.7 Å². The van der Waals surface area contributed by atoms with Crippen LogP contribution in [0.3, 0.4) is 0 Å². The molecule has 0 aliphatic carbocycles. The minimum Gasteiger partial charge on any atom is -0.490 e. The molecule has 0 unspecified atom stereocenters. The molecule has 0 saturated heterocycles. The first-order valence-corrected chi connectivity index (χ1v) is 9.31. The van der Waals surface area contributed by atoms with Gasteiger partial charge in [0.1, 0.15) is 12.4 Å². The van der Waals surface area contributed by atoms with Gasteiger partial charge in [-0.3, -0.25) is 4.99 Å². The number of rotatable bonds is 7. The van der Waals surface area contributed by atoms with E-state index in [0.717, 1.165) is 16.8 Å². The van der Waals surface area contributed by atoms with Crippen LogP contribution in [-0.2, 0) is 6.61 Å². The van der Waals surface area contributed by atoms with Gasteiger partial charge in [0.25, 0.3) is 0 Å². The molecule has 0 amide bonds. The molecule has 0 aliphatic heterocycles. The van der Waals surface area contributed by atoms with Crippen molar-refractivity contribution in [2.45, 2.75) is 27.4 Å². The Balaban J connectivity index is 1.77. The fourth-order valence-electron chi connectivity index (χ4n) is 2.75. The fourth-order valence-corrected chi connectivity index (χ4v) is 2.75. The molecule has 3 nitrogen and oxygen atoms in total. The molecule has 0 bridgehead atoms. The zero-order valence-corrected chi connectivity index (χ0v) is 16.4. The van der Waals surface area contributed by atoms with Crippen LogP contribution in [-0.4, -0.2) is 12.8 Å². The van der Waals surface area contributed by atoms with Crippen molar-refractivity contribution >= 4 is 11.9 Å². The molecule has 0 fully saturated rings. The first-order valence-electron chi connectivity index (χ1n) is 9.31. The lowest BCUT2D eigenvalue weighted by Crippen LogP contribution is -2.00. The highest BCUT2D eigenvalue weighted by Gasteiger charge is 2.07. The van der Waals surface area contributed by atoms with E-state index in [1.54, 1.807) is 12.1 Å². The maximum absolute atomic E-state index is 13.0. The summed E-state index contributed by atoms with van der Waals surface area (Å²) in [4.78, 5) is 4.61. The van der Waals surface area contributed by atoms with Gasteiger partial charge in [-0.05, 0) is 79.4 Å². The lowest BCUT2D eigenvalue weighted by Gasteiger charge is -2.12. The van der Waals surface area contributed by atoms with Crippen LogP contribution >= 0.6 is 0 Å². The number of ether oxygens (including phenoxy) is 2. The van der Waals surface area contributed by atoms with E-state index in [9.17, 15) is 4.39 Å². The number of hydrogen-bond acceptors (Lipinski definition) is 3. The molecule has 0 atom stereocenters.